The van der Waals surface area contributed by atoms with E-state index in [2.05, 4.69) is 15.9 Å². The fourth-order valence-electron chi connectivity index (χ4n) is 1.92. The van der Waals surface area contributed by atoms with E-state index in [4.69, 9.17) is 4.74 Å². The maximum Gasteiger partial charge on any atom is 0.339 e. The predicted molar refractivity (Wildman–Crippen MR) is 87.4 cm³/mol. The molecule has 7 heteroatoms. The fraction of sp³-hybridized carbons (Fsp3) is 0.188. The molecule has 0 aliphatic heterocycles. The van der Waals surface area contributed by atoms with E-state index < -0.39 is 21.6 Å². The van der Waals surface area contributed by atoms with Crippen molar-refractivity contribution >= 4 is 31.7 Å². The summed E-state index contributed by atoms with van der Waals surface area (Å²) in [6, 6.07) is 10.2. The summed E-state index contributed by atoms with van der Waals surface area (Å²) in [5.74, 6) is -1.44. The quantitative estimate of drug-likeness (QED) is 0.717. The van der Waals surface area contributed by atoms with Crippen molar-refractivity contribution in [1.29, 1.82) is 0 Å². The van der Waals surface area contributed by atoms with Gasteiger partial charge in [-0.25, -0.2) is 17.6 Å². The van der Waals surface area contributed by atoms with E-state index in [9.17, 15) is 17.6 Å². The van der Waals surface area contributed by atoms with Gasteiger partial charge in [0.05, 0.1) is 16.2 Å². The first-order valence-electron chi connectivity index (χ1n) is 6.78. The Morgan fingerprint density at radius 2 is 1.91 bits per heavy atom. The molecular formula is C16H14BrFO4S. The summed E-state index contributed by atoms with van der Waals surface area (Å²) in [4.78, 5) is 12.1. The number of carbonyl (C=O) groups excluding carboxylic acids is 1. The van der Waals surface area contributed by atoms with Crippen LogP contribution in [0.3, 0.4) is 0 Å². The van der Waals surface area contributed by atoms with E-state index in [1.165, 1.54) is 37.3 Å². The highest BCUT2D eigenvalue weighted by Gasteiger charge is 2.21. The molecule has 0 amide bonds. The van der Waals surface area contributed by atoms with Crippen LogP contribution in [0.4, 0.5) is 4.39 Å². The molecule has 0 bridgehead atoms. The minimum atomic E-state index is -3.55. The first-order valence-corrected chi connectivity index (χ1v) is 9.22. The Morgan fingerprint density at radius 1 is 1.22 bits per heavy atom. The van der Waals surface area contributed by atoms with Crippen LogP contribution in [0.25, 0.3) is 0 Å². The number of halogens is 2. The van der Waals surface area contributed by atoms with Crippen molar-refractivity contribution in [2.24, 2.45) is 0 Å². The molecule has 0 unspecified atom stereocenters. The molecule has 0 spiro atoms. The number of rotatable bonds is 5. The van der Waals surface area contributed by atoms with Gasteiger partial charge < -0.3 is 4.74 Å². The second-order valence-electron chi connectivity index (χ2n) is 4.71. The molecule has 0 aromatic heterocycles. The summed E-state index contributed by atoms with van der Waals surface area (Å²) in [6.45, 7) is 1.22. The van der Waals surface area contributed by atoms with Gasteiger partial charge in [-0.05, 0) is 24.3 Å². The van der Waals surface area contributed by atoms with Crippen molar-refractivity contribution in [1.82, 2.24) is 0 Å². The van der Waals surface area contributed by atoms with Gasteiger partial charge in [0.15, 0.2) is 9.84 Å². The number of hydrogen-bond acceptors (Lipinski definition) is 4. The Hall–Kier alpha value is -1.73. The van der Waals surface area contributed by atoms with Crippen LogP contribution in [0.5, 0.6) is 0 Å². The van der Waals surface area contributed by atoms with Gasteiger partial charge in [0.25, 0.3) is 0 Å². The molecular weight excluding hydrogens is 387 g/mol. The standard InChI is InChI=1S/C16H14BrFO4S/c1-2-23(20,21)15-6-4-3-5-13(15)16(19)22-10-11-7-8-12(17)9-14(11)18/h3-9H,2,10H2,1H3. The predicted octanol–water partition coefficient (Wildman–Crippen LogP) is 3.74. The first-order chi connectivity index (χ1) is 10.8. The molecule has 0 saturated heterocycles. The van der Waals surface area contributed by atoms with Crippen molar-refractivity contribution in [3.63, 3.8) is 0 Å². The summed E-state index contributed by atoms with van der Waals surface area (Å²) >= 11 is 3.14. The zero-order valence-corrected chi connectivity index (χ0v) is 14.7. The lowest BCUT2D eigenvalue weighted by atomic mass is 10.2. The number of benzene rings is 2. The minimum Gasteiger partial charge on any atom is -0.457 e. The second kappa shape index (κ2) is 7.23. The molecule has 4 nitrogen and oxygen atoms in total. The molecule has 2 rings (SSSR count). The van der Waals surface area contributed by atoms with Crippen molar-refractivity contribution in [2.75, 3.05) is 5.75 Å². The van der Waals surface area contributed by atoms with Gasteiger partial charge in [-0.3, -0.25) is 0 Å². The zero-order chi connectivity index (χ0) is 17.0. The molecule has 2 aromatic carbocycles. The van der Waals surface area contributed by atoms with E-state index >= 15 is 0 Å². The third-order valence-electron chi connectivity index (χ3n) is 3.20. The summed E-state index contributed by atoms with van der Waals surface area (Å²) < 4.78 is 43.4. The number of carbonyl (C=O) groups is 1. The molecule has 0 N–H and O–H groups in total. The van der Waals surface area contributed by atoms with Crippen molar-refractivity contribution in [3.05, 3.63) is 63.9 Å². The number of sulfone groups is 1. The van der Waals surface area contributed by atoms with Gasteiger partial charge in [0, 0.05) is 10.0 Å². The molecule has 0 aliphatic rings. The fourth-order valence-corrected chi connectivity index (χ4v) is 3.34. The molecule has 0 heterocycles. The molecule has 2 aromatic rings. The smallest absolute Gasteiger partial charge is 0.339 e. The molecule has 0 fully saturated rings. The molecule has 0 radical (unpaired) electrons. The average Bonchev–Trinajstić information content (AvgIpc) is 2.53. The first kappa shape index (κ1) is 17.6. The van der Waals surface area contributed by atoms with Gasteiger partial charge in [-0.2, -0.15) is 0 Å². The van der Waals surface area contributed by atoms with Gasteiger partial charge in [0.1, 0.15) is 12.4 Å². The van der Waals surface area contributed by atoms with Crippen molar-refractivity contribution in [2.45, 2.75) is 18.4 Å². The van der Waals surface area contributed by atoms with Crippen LogP contribution in [-0.4, -0.2) is 20.1 Å². The second-order valence-corrected chi connectivity index (χ2v) is 7.87. The molecule has 122 valence electrons. The van der Waals surface area contributed by atoms with Crippen LogP contribution in [0.15, 0.2) is 51.8 Å². The number of ether oxygens (including phenoxy) is 1. The highest BCUT2D eigenvalue weighted by Crippen LogP contribution is 2.20. The highest BCUT2D eigenvalue weighted by atomic mass is 79.9. The lowest BCUT2D eigenvalue weighted by Crippen LogP contribution is -2.13. The molecule has 0 aliphatic carbocycles. The summed E-state index contributed by atoms with van der Waals surface area (Å²) in [5.41, 5.74) is 0.157. The highest BCUT2D eigenvalue weighted by molar-refractivity contribution is 9.10. The maximum absolute atomic E-state index is 13.7. The van der Waals surface area contributed by atoms with Gasteiger partial charge >= 0.3 is 5.97 Å². The van der Waals surface area contributed by atoms with Crippen LogP contribution >= 0.6 is 15.9 Å². The Kier molecular flexibility index (Phi) is 5.54. The van der Waals surface area contributed by atoms with Crippen molar-refractivity contribution in [3.8, 4) is 0 Å². The third kappa shape index (κ3) is 4.17. The lowest BCUT2D eigenvalue weighted by molar-refractivity contribution is 0.0464. The van der Waals surface area contributed by atoms with E-state index in [-0.39, 0.29) is 28.4 Å². The third-order valence-corrected chi connectivity index (χ3v) is 5.48. The van der Waals surface area contributed by atoms with Gasteiger partial charge in [-0.1, -0.05) is 41.1 Å². The molecule has 23 heavy (non-hydrogen) atoms. The Bertz CT molecular complexity index is 834. The van der Waals surface area contributed by atoms with E-state index in [1.807, 2.05) is 0 Å². The Labute approximate surface area is 142 Å². The van der Waals surface area contributed by atoms with Crippen LogP contribution in [0.1, 0.15) is 22.8 Å². The topological polar surface area (TPSA) is 60.4 Å². The molecule has 0 atom stereocenters. The molecule has 0 saturated carbocycles. The van der Waals surface area contributed by atoms with Crippen molar-refractivity contribution < 1.29 is 22.3 Å². The van der Waals surface area contributed by atoms with Crippen LogP contribution in [-0.2, 0) is 21.2 Å². The van der Waals surface area contributed by atoms with Gasteiger partial charge in [0.2, 0.25) is 0 Å². The lowest BCUT2D eigenvalue weighted by Gasteiger charge is -2.10. The maximum atomic E-state index is 13.7. The van der Waals surface area contributed by atoms with Crippen LogP contribution in [0, 0.1) is 5.82 Å². The summed E-state index contributed by atoms with van der Waals surface area (Å²) in [5, 5.41) is 0. The van der Waals surface area contributed by atoms with E-state index in [1.54, 1.807) is 12.1 Å². The number of esters is 1. The van der Waals surface area contributed by atoms with E-state index in [0.717, 1.165) is 0 Å². The van der Waals surface area contributed by atoms with Gasteiger partial charge in [-0.15, -0.1) is 0 Å². The minimum absolute atomic E-state index is 0.0492. The number of hydrogen-bond donors (Lipinski definition) is 0. The average molecular weight is 401 g/mol. The normalized spacial score (nSPS) is 11.3. The summed E-state index contributed by atoms with van der Waals surface area (Å²) in [6.07, 6.45) is 0. The largest absolute Gasteiger partial charge is 0.457 e. The van der Waals surface area contributed by atoms with Crippen LogP contribution in [0.2, 0.25) is 0 Å². The Balaban J connectivity index is 2.22. The van der Waals surface area contributed by atoms with Crippen LogP contribution < -0.4 is 0 Å². The Morgan fingerprint density at radius 3 is 2.57 bits per heavy atom. The zero-order valence-electron chi connectivity index (χ0n) is 12.3. The summed E-state index contributed by atoms with van der Waals surface area (Å²) in [7, 11) is -3.55. The van der Waals surface area contributed by atoms with E-state index in [0.29, 0.717) is 4.47 Å². The SMILES string of the molecule is CCS(=O)(=O)c1ccccc1C(=O)OCc1ccc(Br)cc1F. The monoisotopic (exact) mass is 400 g/mol.